The highest BCUT2D eigenvalue weighted by atomic mass is 32.2. The lowest BCUT2D eigenvalue weighted by molar-refractivity contribution is 0.386. The third-order valence-electron chi connectivity index (χ3n) is 4.39. The van der Waals surface area contributed by atoms with Crippen LogP contribution in [0.3, 0.4) is 0 Å². The topological polar surface area (TPSA) is 117 Å². The molecule has 2 heterocycles. The van der Waals surface area contributed by atoms with Gasteiger partial charge < -0.3 is 14.2 Å². The largest absolute Gasteiger partial charge is 0.497 e. The Morgan fingerprint density at radius 2 is 1.72 bits per heavy atom. The van der Waals surface area contributed by atoms with Gasteiger partial charge in [0.1, 0.15) is 40.6 Å². The van der Waals surface area contributed by atoms with Crippen molar-refractivity contribution in [3.8, 4) is 28.9 Å². The molecule has 10 nitrogen and oxygen atoms in total. The van der Waals surface area contributed by atoms with Gasteiger partial charge in [-0.2, -0.15) is 0 Å². The fourth-order valence-corrected chi connectivity index (χ4v) is 4.05. The Morgan fingerprint density at radius 1 is 0.938 bits per heavy atom. The van der Waals surface area contributed by atoms with E-state index in [9.17, 15) is 8.42 Å². The van der Waals surface area contributed by atoms with Gasteiger partial charge in [-0.3, -0.25) is 9.29 Å². The van der Waals surface area contributed by atoms with Crippen molar-refractivity contribution in [1.82, 2.24) is 19.5 Å². The minimum atomic E-state index is -3.88. The van der Waals surface area contributed by atoms with Crippen LogP contribution in [0, 0.1) is 0 Å². The maximum atomic E-state index is 12.8. The van der Waals surface area contributed by atoms with Gasteiger partial charge in [-0.05, 0) is 36.4 Å². The summed E-state index contributed by atoms with van der Waals surface area (Å²) in [5.74, 6) is 2.08. The molecule has 1 N–H and O–H groups in total. The molecule has 0 radical (unpaired) electrons. The van der Waals surface area contributed by atoms with E-state index in [1.165, 1.54) is 32.7 Å². The molecule has 4 rings (SSSR count). The molecule has 0 aliphatic carbocycles. The van der Waals surface area contributed by atoms with E-state index in [-0.39, 0.29) is 10.6 Å². The molecule has 164 valence electrons. The third kappa shape index (κ3) is 4.62. The summed E-state index contributed by atoms with van der Waals surface area (Å²) in [6.45, 7) is 0. The fraction of sp³-hybridized carbons (Fsp3) is 0.0952. The van der Waals surface area contributed by atoms with Crippen molar-refractivity contribution in [2.75, 3.05) is 18.9 Å². The fourth-order valence-electron chi connectivity index (χ4n) is 2.84. The Hall–Kier alpha value is -4.12. The molecule has 0 fully saturated rings. The van der Waals surface area contributed by atoms with E-state index in [0.29, 0.717) is 28.9 Å². The van der Waals surface area contributed by atoms with Crippen molar-refractivity contribution in [3.05, 3.63) is 73.6 Å². The molecule has 0 bridgehead atoms. The van der Waals surface area contributed by atoms with Crippen LogP contribution < -0.4 is 18.9 Å². The Morgan fingerprint density at radius 3 is 2.41 bits per heavy atom. The Kier molecular flexibility index (Phi) is 5.90. The molecular formula is C21H19N5O5S. The van der Waals surface area contributed by atoms with Gasteiger partial charge in [0, 0.05) is 30.2 Å². The molecule has 0 amide bonds. The van der Waals surface area contributed by atoms with Gasteiger partial charge in [0.25, 0.3) is 10.0 Å². The van der Waals surface area contributed by atoms with Crippen molar-refractivity contribution in [3.63, 3.8) is 0 Å². The number of methoxy groups -OCH3 is 2. The molecule has 11 heteroatoms. The summed E-state index contributed by atoms with van der Waals surface area (Å²) in [7, 11) is -0.999. The molecule has 0 saturated heterocycles. The minimum Gasteiger partial charge on any atom is -0.497 e. The third-order valence-corrected chi connectivity index (χ3v) is 5.81. The molecule has 0 unspecified atom stereocenters. The van der Waals surface area contributed by atoms with Gasteiger partial charge in [-0.15, -0.1) is 0 Å². The first kappa shape index (κ1) is 21.1. The zero-order chi connectivity index (χ0) is 22.6. The molecular weight excluding hydrogens is 434 g/mol. The van der Waals surface area contributed by atoms with E-state index in [1.807, 2.05) is 0 Å². The minimum absolute atomic E-state index is 0.00542. The number of anilines is 1. The highest BCUT2D eigenvalue weighted by Crippen LogP contribution is 2.30. The lowest BCUT2D eigenvalue weighted by Gasteiger charge is -2.13. The Bertz CT molecular complexity index is 1310. The summed E-state index contributed by atoms with van der Waals surface area (Å²) in [5.41, 5.74) is 0.358. The number of benzene rings is 2. The summed E-state index contributed by atoms with van der Waals surface area (Å²) >= 11 is 0. The molecule has 0 atom stereocenters. The van der Waals surface area contributed by atoms with E-state index in [1.54, 1.807) is 59.7 Å². The summed E-state index contributed by atoms with van der Waals surface area (Å²) in [6, 6.07) is 12.6. The smallest absolute Gasteiger partial charge is 0.265 e. The first-order valence-corrected chi connectivity index (χ1v) is 10.8. The molecule has 32 heavy (non-hydrogen) atoms. The molecule has 0 aliphatic rings. The zero-order valence-corrected chi connectivity index (χ0v) is 18.0. The van der Waals surface area contributed by atoms with Crippen molar-refractivity contribution < 1.29 is 22.6 Å². The van der Waals surface area contributed by atoms with Crippen LogP contribution in [0.5, 0.6) is 23.1 Å². The number of nitrogens with zero attached hydrogens (tertiary/aromatic N) is 4. The van der Waals surface area contributed by atoms with Crippen LogP contribution >= 0.6 is 0 Å². The average molecular weight is 453 g/mol. The Balaban J connectivity index is 1.49. The first-order chi connectivity index (χ1) is 15.5. The predicted octanol–water partition coefficient (Wildman–Crippen LogP) is 3.27. The van der Waals surface area contributed by atoms with Crippen LogP contribution in [0.25, 0.3) is 5.82 Å². The average Bonchev–Trinajstić information content (AvgIpc) is 3.35. The molecule has 2 aromatic heterocycles. The molecule has 0 saturated carbocycles. The number of hydrogen-bond donors (Lipinski definition) is 1. The monoisotopic (exact) mass is 453 g/mol. The van der Waals surface area contributed by atoms with Crippen LogP contribution in [0.1, 0.15) is 0 Å². The van der Waals surface area contributed by atoms with Crippen molar-refractivity contribution >= 4 is 15.7 Å². The predicted molar refractivity (Wildman–Crippen MR) is 116 cm³/mol. The van der Waals surface area contributed by atoms with Gasteiger partial charge in [0.05, 0.1) is 14.2 Å². The number of imidazole rings is 1. The second kappa shape index (κ2) is 8.94. The van der Waals surface area contributed by atoms with E-state index in [0.717, 1.165) is 0 Å². The molecule has 4 aromatic rings. The van der Waals surface area contributed by atoms with Gasteiger partial charge in [-0.1, -0.05) is 0 Å². The van der Waals surface area contributed by atoms with Crippen LogP contribution in [0.4, 0.5) is 5.69 Å². The van der Waals surface area contributed by atoms with Crippen LogP contribution in [-0.2, 0) is 10.0 Å². The highest BCUT2D eigenvalue weighted by molar-refractivity contribution is 7.92. The van der Waals surface area contributed by atoms with E-state index in [2.05, 4.69) is 19.7 Å². The number of aromatic nitrogens is 4. The number of ether oxygens (including phenoxy) is 3. The maximum Gasteiger partial charge on any atom is 0.265 e. The molecule has 2 aromatic carbocycles. The maximum absolute atomic E-state index is 12.8. The quantitative estimate of drug-likeness (QED) is 0.432. The van der Waals surface area contributed by atoms with Crippen LogP contribution in [0.15, 0.2) is 78.5 Å². The van der Waals surface area contributed by atoms with Gasteiger partial charge in [0.15, 0.2) is 0 Å². The van der Waals surface area contributed by atoms with Crippen LogP contribution in [0.2, 0.25) is 0 Å². The lowest BCUT2D eigenvalue weighted by Crippen LogP contribution is -2.14. The van der Waals surface area contributed by atoms with Gasteiger partial charge in [0.2, 0.25) is 5.88 Å². The lowest BCUT2D eigenvalue weighted by atomic mass is 10.3. The van der Waals surface area contributed by atoms with Crippen LogP contribution in [-0.4, -0.2) is 42.2 Å². The first-order valence-electron chi connectivity index (χ1n) is 9.31. The second-order valence-corrected chi connectivity index (χ2v) is 8.08. The highest BCUT2D eigenvalue weighted by Gasteiger charge is 2.20. The van der Waals surface area contributed by atoms with Gasteiger partial charge in [-0.25, -0.2) is 23.4 Å². The van der Waals surface area contributed by atoms with E-state index in [4.69, 9.17) is 14.2 Å². The van der Waals surface area contributed by atoms with Crippen molar-refractivity contribution in [1.29, 1.82) is 0 Å². The SMILES string of the molecule is COc1ccc(S(=O)(=O)Nc2ccc(Oc3cc(-n4ccnc4)ncn3)cc2)c(OC)c1. The van der Waals surface area contributed by atoms with Gasteiger partial charge >= 0.3 is 0 Å². The summed E-state index contributed by atoms with van der Waals surface area (Å²) in [5, 5.41) is 0. The zero-order valence-electron chi connectivity index (χ0n) is 17.2. The normalized spacial score (nSPS) is 11.1. The summed E-state index contributed by atoms with van der Waals surface area (Å²) in [6.07, 6.45) is 6.40. The van der Waals surface area contributed by atoms with E-state index < -0.39 is 10.0 Å². The number of sulfonamides is 1. The van der Waals surface area contributed by atoms with Crippen molar-refractivity contribution in [2.45, 2.75) is 4.90 Å². The number of nitrogens with one attached hydrogen (secondary N) is 1. The number of rotatable bonds is 8. The number of hydrogen-bond acceptors (Lipinski definition) is 8. The standard InChI is InChI=1S/C21H19N5O5S/c1-29-17-7-8-19(18(11-17)30-2)32(27,28)25-15-3-5-16(6-4-15)31-21-12-20(23-13-24-21)26-10-9-22-14-26/h3-14,25H,1-2H3. The molecule has 0 spiro atoms. The summed E-state index contributed by atoms with van der Waals surface area (Å²) in [4.78, 5) is 12.2. The van der Waals surface area contributed by atoms with Crippen molar-refractivity contribution in [2.24, 2.45) is 0 Å². The second-order valence-electron chi connectivity index (χ2n) is 6.43. The molecule has 0 aliphatic heterocycles. The Labute approximate surface area is 184 Å². The summed E-state index contributed by atoms with van der Waals surface area (Å²) < 4.78 is 45.9. The van der Waals surface area contributed by atoms with E-state index >= 15 is 0 Å².